The van der Waals surface area contributed by atoms with E-state index in [0.29, 0.717) is 24.6 Å². The number of nitrogens with two attached hydrogens (primary N) is 1. The Morgan fingerprint density at radius 3 is 2.78 bits per heavy atom. The lowest BCUT2D eigenvalue weighted by Gasteiger charge is -2.07. The Kier molecular flexibility index (Phi) is 2.83. The average Bonchev–Trinajstić information content (AvgIpc) is 3.14. The van der Waals surface area contributed by atoms with E-state index >= 15 is 0 Å². The van der Waals surface area contributed by atoms with Crippen LogP contribution in [0, 0.1) is 5.82 Å². The summed E-state index contributed by atoms with van der Waals surface area (Å²) in [5, 5.41) is 8.19. The van der Waals surface area contributed by atoms with Crippen LogP contribution in [-0.2, 0) is 13.1 Å². The first-order valence-electron chi connectivity index (χ1n) is 6.15. The largest absolute Gasteiger partial charge is 0.325 e. The molecule has 1 aliphatic rings. The van der Waals surface area contributed by atoms with Crippen LogP contribution in [0.15, 0.2) is 24.3 Å². The molecule has 0 atom stereocenters. The van der Waals surface area contributed by atoms with E-state index in [4.69, 9.17) is 5.73 Å². The molecule has 4 nitrogen and oxygen atoms in total. The highest BCUT2D eigenvalue weighted by atomic mass is 19.1. The molecule has 94 valence electrons. The third-order valence-corrected chi connectivity index (χ3v) is 3.28. The Bertz CT molecular complexity index is 560. The van der Waals surface area contributed by atoms with Gasteiger partial charge in [-0.05, 0) is 18.9 Å². The van der Waals surface area contributed by atoms with E-state index in [1.807, 2.05) is 6.07 Å². The van der Waals surface area contributed by atoms with Crippen LogP contribution in [0.1, 0.15) is 35.7 Å². The predicted octanol–water partition coefficient (Wildman–Crippen LogP) is 1.80. The SMILES string of the molecule is NCc1nnn(Cc2ccccc2F)c1C1CC1. The molecule has 0 amide bonds. The molecule has 1 aromatic carbocycles. The van der Waals surface area contributed by atoms with Crippen molar-refractivity contribution in [3.8, 4) is 0 Å². The second-order valence-corrected chi connectivity index (χ2v) is 4.65. The predicted molar refractivity (Wildman–Crippen MR) is 65.4 cm³/mol. The first-order valence-corrected chi connectivity index (χ1v) is 6.15. The summed E-state index contributed by atoms with van der Waals surface area (Å²) in [6.07, 6.45) is 2.30. The smallest absolute Gasteiger partial charge is 0.128 e. The maximum absolute atomic E-state index is 13.6. The molecule has 0 aliphatic heterocycles. The van der Waals surface area contributed by atoms with Gasteiger partial charge < -0.3 is 5.73 Å². The van der Waals surface area contributed by atoms with Gasteiger partial charge in [0.25, 0.3) is 0 Å². The summed E-state index contributed by atoms with van der Waals surface area (Å²) in [6.45, 7) is 0.814. The van der Waals surface area contributed by atoms with Crippen molar-refractivity contribution in [2.24, 2.45) is 5.73 Å². The highest BCUT2D eigenvalue weighted by molar-refractivity contribution is 5.23. The minimum atomic E-state index is -0.205. The molecule has 5 heteroatoms. The highest BCUT2D eigenvalue weighted by Gasteiger charge is 2.30. The lowest BCUT2D eigenvalue weighted by atomic mass is 10.2. The molecule has 1 aliphatic carbocycles. The van der Waals surface area contributed by atoms with Gasteiger partial charge >= 0.3 is 0 Å². The average molecular weight is 246 g/mol. The van der Waals surface area contributed by atoms with Gasteiger partial charge in [0.05, 0.1) is 17.9 Å². The lowest BCUT2D eigenvalue weighted by molar-refractivity contribution is 0.566. The second-order valence-electron chi connectivity index (χ2n) is 4.65. The van der Waals surface area contributed by atoms with Gasteiger partial charge in [0.2, 0.25) is 0 Å². The van der Waals surface area contributed by atoms with Gasteiger partial charge in [-0.3, -0.25) is 0 Å². The molecule has 0 spiro atoms. The number of rotatable bonds is 4. The maximum atomic E-state index is 13.6. The fraction of sp³-hybridized carbons (Fsp3) is 0.385. The summed E-state index contributed by atoms with van der Waals surface area (Å²) < 4.78 is 15.4. The summed E-state index contributed by atoms with van der Waals surface area (Å²) in [5.74, 6) is 0.300. The fourth-order valence-corrected chi connectivity index (χ4v) is 2.21. The molecule has 2 N–H and O–H groups in total. The Morgan fingerprint density at radius 1 is 1.33 bits per heavy atom. The molecule has 2 aromatic rings. The van der Waals surface area contributed by atoms with Crippen molar-refractivity contribution >= 4 is 0 Å². The quantitative estimate of drug-likeness (QED) is 0.895. The second kappa shape index (κ2) is 4.49. The van der Waals surface area contributed by atoms with Crippen molar-refractivity contribution < 1.29 is 4.39 Å². The molecule has 0 bridgehead atoms. The number of hydrogen-bond acceptors (Lipinski definition) is 3. The van der Waals surface area contributed by atoms with Crippen LogP contribution >= 0.6 is 0 Å². The van der Waals surface area contributed by atoms with E-state index in [9.17, 15) is 4.39 Å². The Labute approximate surface area is 105 Å². The fourth-order valence-electron chi connectivity index (χ4n) is 2.21. The van der Waals surface area contributed by atoms with Gasteiger partial charge in [0, 0.05) is 18.0 Å². The monoisotopic (exact) mass is 246 g/mol. The normalized spacial score (nSPS) is 15.0. The van der Waals surface area contributed by atoms with E-state index in [2.05, 4.69) is 10.3 Å². The van der Waals surface area contributed by atoms with Gasteiger partial charge in [0.15, 0.2) is 0 Å². The van der Waals surface area contributed by atoms with Crippen molar-refractivity contribution in [2.45, 2.75) is 31.8 Å². The molecule has 1 fully saturated rings. The minimum Gasteiger partial charge on any atom is -0.325 e. The van der Waals surface area contributed by atoms with Crippen LogP contribution in [0.3, 0.4) is 0 Å². The van der Waals surface area contributed by atoms with Gasteiger partial charge in [-0.1, -0.05) is 23.4 Å². The summed E-state index contributed by atoms with van der Waals surface area (Å²) in [4.78, 5) is 0. The van der Waals surface area contributed by atoms with E-state index in [1.54, 1.807) is 16.8 Å². The molecule has 1 heterocycles. The van der Waals surface area contributed by atoms with Gasteiger partial charge in [-0.2, -0.15) is 0 Å². The molecule has 1 aromatic heterocycles. The van der Waals surface area contributed by atoms with Gasteiger partial charge in [0.1, 0.15) is 5.82 Å². The first-order chi connectivity index (χ1) is 8.79. The third kappa shape index (κ3) is 2.01. The maximum Gasteiger partial charge on any atom is 0.128 e. The zero-order valence-electron chi connectivity index (χ0n) is 10.0. The Balaban J connectivity index is 1.93. The molecular weight excluding hydrogens is 231 g/mol. The first kappa shape index (κ1) is 11.3. The number of halogens is 1. The van der Waals surface area contributed by atoms with E-state index in [0.717, 1.165) is 24.2 Å². The summed E-state index contributed by atoms with van der Waals surface area (Å²) >= 11 is 0. The van der Waals surface area contributed by atoms with E-state index in [-0.39, 0.29) is 5.82 Å². The summed E-state index contributed by atoms with van der Waals surface area (Å²) in [6, 6.07) is 6.76. The zero-order valence-corrected chi connectivity index (χ0v) is 10.0. The Hall–Kier alpha value is -1.75. The van der Waals surface area contributed by atoms with Crippen molar-refractivity contribution in [1.82, 2.24) is 15.0 Å². The van der Waals surface area contributed by atoms with E-state index < -0.39 is 0 Å². The van der Waals surface area contributed by atoms with Crippen molar-refractivity contribution in [3.63, 3.8) is 0 Å². The molecule has 1 saturated carbocycles. The molecule has 18 heavy (non-hydrogen) atoms. The Morgan fingerprint density at radius 2 is 2.11 bits per heavy atom. The van der Waals surface area contributed by atoms with Crippen LogP contribution < -0.4 is 5.73 Å². The van der Waals surface area contributed by atoms with Crippen molar-refractivity contribution in [1.29, 1.82) is 0 Å². The van der Waals surface area contributed by atoms with Crippen molar-refractivity contribution in [2.75, 3.05) is 0 Å². The lowest BCUT2D eigenvalue weighted by Crippen LogP contribution is -2.09. The third-order valence-electron chi connectivity index (χ3n) is 3.28. The summed E-state index contributed by atoms with van der Waals surface area (Å²) in [5.41, 5.74) is 8.22. The molecule has 0 saturated heterocycles. The van der Waals surface area contributed by atoms with Gasteiger partial charge in [-0.15, -0.1) is 5.10 Å². The topological polar surface area (TPSA) is 56.7 Å². The van der Waals surface area contributed by atoms with Crippen LogP contribution in [0.4, 0.5) is 4.39 Å². The number of nitrogens with zero attached hydrogens (tertiary/aromatic N) is 3. The number of benzene rings is 1. The molecule has 3 rings (SSSR count). The van der Waals surface area contributed by atoms with Crippen LogP contribution in [-0.4, -0.2) is 15.0 Å². The number of hydrogen-bond donors (Lipinski definition) is 1. The number of aromatic nitrogens is 3. The van der Waals surface area contributed by atoms with Crippen LogP contribution in [0.2, 0.25) is 0 Å². The standard InChI is InChI=1S/C13H15FN4/c14-11-4-2-1-3-10(11)8-18-13(9-5-6-9)12(7-15)16-17-18/h1-4,9H,5-8,15H2. The minimum absolute atomic E-state index is 0.205. The molecule has 0 radical (unpaired) electrons. The van der Waals surface area contributed by atoms with Crippen molar-refractivity contribution in [3.05, 3.63) is 47.0 Å². The van der Waals surface area contributed by atoms with Crippen LogP contribution in [0.5, 0.6) is 0 Å². The molecule has 0 unspecified atom stereocenters. The zero-order chi connectivity index (χ0) is 12.5. The highest BCUT2D eigenvalue weighted by Crippen LogP contribution is 2.41. The van der Waals surface area contributed by atoms with Crippen LogP contribution in [0.25, 0.3) is 0 Å². The van der Waals surface area contributed by atoms with E-state index in [1.165, 1.54) is 6.07 Å². The van der Waals surface area contributed by atoms with Gasteiger partial charge in [-0.25, -0.2) is 9.07 Å². The summed E-state index contributed by atoms with van der Waals surface area (Å²) in [7, 11) is 0. The molecular formula is C13H15FN4.